The van der Waals surface area contributed by atoms with Crippen LogP contribution in [0.3, 0.4) is 0 Å². The highest BCUT2D eigenvalue weighted by molar-refractivity contribution is 5.77. The quantitative estimate of drug-likeness (QED) is 0.730. The number of piperidine rings is 1. The maximum absolute atomic E-state index is 12.6. The van der Waals surface area contributed by atoms with Crippen LogP contribution in [0.15, 0.2) is 0 Å². The van der Waals surface area contributed by atoms with Gasteiger partial charge < -0.3 is 15.0 Å². The molecule has 2 aliphatic rings. The van der Waals surface area contributed by atoms with Crippen LogP contribution in [0.5, 0.6) is 0 Å². The topological polar surface area (TPSA) is 58.6 Å². The Balaban J connectivity index is 1.85. The van der Waals surface area contributed by atoms with E-state index in [1.165, 1.54) is 20.0 Å². The monoisotopic (exact) mass is 310 g/mol. The number of ether oxygens (including phenoxy) is 1. The smallest absolute Gasteiger partial charge is 0.307 e. The number of hydrogen-bond acceptors (Lipinski definition) is 4. The number of carbonyl (C=O) groups excluding carboxylic acids is 2. The lowest BCUT2D eigenvalue weighted by Crippen LogP contribution is -2.41. The Labute approximate surface area is 133 Å². The summed E-state index contributed by atoms with van der Waals surface area (Å²) in [5, 5.41) is 3.62. The standard InChI is InChI=1S/C17H30N2O3/c1-12(2)11-19(7-6-17(21)22-3)16(20)10-13-8-14-4-5-15(9-13)18-14/h12-15,18H,4-11H2,1-3H3. The average molecular weight is 310 g/mol. The first kappa shape index (κ1) is 17.3. The Bertz CT molecular complexity index is 385. The van der Waals surface area contributed by atoms with E-state index in [9.17, 15) is 9.59 Å². The van der Waals surface area contributed by atoms with Crippen molar-refractivity contribution in [1.82, 2.24) is 10.2 Å². The minimum Gasteiger partial charge on any atom is -0.469 e. The van der Waals surface area contributed by atoms with Crippen LogP contribution in [0.25, 0.3) is 0 Å². The van der Waals surface area contributed by atoms with E-state index in [1.807, 2.05) is 4.90 Å². The summed E-state index contributed by atoms with van der Waals surface area (Å²) in [5.74, 6) is 0.857. The number of rotatable bonds is 7. The molecule has 0 aliphatic carbocycles. The van der Waals surface area contributed by atoms with E-state index in [-0.39, 0.29) is 18.3 Å². The van der Waals surface area contributed by atoms with Gasteiger partial charge in [-0.15, -0.1) is 0 Å². The molecule has 2 aliphatic heterocycles. The summed E-state index contributed by atoms with van der Waals surface area (Å²) >= 11 is 0. The van der Waals surface area contributed by atoms with Crippen molar-refractivity contribution in [2.45, 2.75) is 64.5 Å². The highest BCUT2D eigenvalue weighted by atomic mass is 16.5. The highest BCUT2D eigenvalue weighted by Gasteiger charge is 2.34. The molecule has 2 rings (SSSR count). The van der Waals surface area contributed by atoms with Gasteiger partial charge in [-0.25, -0.2) is 0 Å². The molecule has 2 fully saturated rings. The van der Waals surface area contributed by atoms with Crippen molar-refractivity contribution in [3.05, 3.63) is 0 Å². The van der Waals surface area contributed by atoms with E-state index < -0.39 is 0 Å². The van der Waals surface area contributed by atoms with Gasteiger partial charge in [-0.3, -0.25) is 9.59 Å². The molecule has 5 nitrogen and oxygen atoms in total. The summed E-state index contributed by atoms with van der Waals surface area (Å²) in [6.07, 6.45) is 5.67. The number of nitrogens with one attached hydrogen (secondary N) is 1. The Morgan fingerprint density at radius 2 is 1.86 bits per heavy atom. The fourth-order valence-corrected chi connectivity index (χ4v) is 3.80. The third-order valence-electron chi connectivity index (χ3n) is 4.79. The first-order valence-electron chi connectivity index (χ1n) is 8.58. The molecule has 0 saturated carbocycles. The number of hydrogen-bond donors (Lipinski definition) is 1. The van der Waals surface area contributed by atoms with Gasteiger partial charge in [0.2, 0.25) is 5.91 Å². The maximum atomic E-state index is 12.6. The van der Waals surface area contributed by atoms with Crippen LogP contribution in [-0.2, 0) is 14.3 Å². The van der Waals surface area contributed by atoms with Crippen LogP contribution in [-0.4, -0.2) is 49.1 Å². The van der Waals surface area contributed by atoms with Gasteiger partial charge >= 0.3 is 5.97 Å². The molecule has 2 heterocycles. The molecule has 1 amide bonds. The van der Waals surface area contributed by atoms with Gasteiger partial charge in [0.05, 0.1) is 13.5 Å². The van der Waals surface area contributed by atoms with Gasteiger partial charge in [-0.1, -0.05) is 13.8 Å². The van der Waals surface area contributed by atoms with Gasteiger partial charge in [0, 0.05) is 31.6 Å². The zero-order chi connectivity index (χ0) is 16.1. The lowest BCUT2D eigenvalue weighted by atomic mass is 9.89. The molecule has 22 heavy (non-hydrogen) atoms. The summed E-state index contributed by atoms with van der Waals surface area (Å²) in [7, 11) is 1.39. The largest absolute Gasteiger partial charge is 0.469 e. The second-order valence-corrected chi connectivity index (χ2v) is 7.24. The SMILES string of the molecule is COC(=O)CCN(CC(C)C)C(=O)CC1CC2CCC(C1)N2. The Morgan fingerprint density at radius 3 is 2.41 bits per heavy atom. The predicted molar refractivity (Wildman–Crippen MR) is 85.3 cm³/mol. The van der Waals surface area contributed by atoms with Crippen molar-refractivity contribution >= 4 is 11.9 Å². The molecule has 2 unspecified atom stereocenters. The Morgan fingerprint density at radius 1 is 1.23 bits per heavy atom. The summed E-state index contributed by atoms with van der Waals surface area (Å²) in [4.78, 5) is 25.8. The molecule has 0 aromatic rings. The molecule has 0 aromatic carbocycles. The normalized spacial score (nSPS) is 27.0. The Kier molecular flexibility index (Phi) is 6.24. The number of carbonyl (C=O) groups is 2. The molecular weight excluding hydrogens is 280 g/mol. The third kappa shape index (κ3) is 4.97. The predicted octanol–water partition coefficient (Wildman–Crippen LogP) is 1.95. The van der Waals surface area contributed by atoms with E-state index >= 15 is 0 Å². The van der Waals surface area contributed by atoms with E-state index in [2.05, 4.69) is 23.9 Å². The molecule has 0 aromatic heterocycles. The number of esters is 1. The fraction of sp³-hybridized carbons (Fsp3) is 0.882. The zero-order valence-corrected chi connectivity index (χ0v) is 14.1. The minimum absolute atomic E-state index is 0.198. The minimum atomic E-state index is -0.249. The molecule has 0 spiro atoms. The molecule has 1 N–H and O–H groups in total. The molecule has 2 atom stereocenters. The average Bonchev–Trinajstić information content (AvgIpc) is 2.81. The summed E-state index contributed by atoms with van der Waals surface area (Å²) < 4.78 is 4.69. The van der Waals surface area contributed by atoms with E-state index in [1.54, 1.807) is 0 Å². The number of methoxy groups -OCH3 is 1. The summed E-state index contributed by atoms with van der Waals surface area (Å²) in [6.45, 7) is 5.39. The van der Waals surface area contributed by atoms with Crippen molar-refractivity contribution in [1.29, 1.82) is 0 Å². The molecule has 2 saturated heterocycles. The number of nitrogens with zero attached hydrogens (tertiary/aromatic N) is 1. The van der Waals surface area contributed by atoms with E-state index in [0.29, 0.717) is 43.4 Å². The fourth-order valence-electron chi connectivity index (χ4n) is 3.80. The lowest BCUT2D eigenvalue weighted by Gasteiger charge is -2.31. The van der Waals surface area contributed by atoms with Gasteiger partial charge in [0.15, 0.2) is 0 Å². The first-order chi connectivity index (χ1) is 10.5. The number of amides is 1. The van der Waals surface area contributed by atoms with Crippen LogP contribution in [0.1, 0.15) is 52.4 Å². The van der Waals surface area contributed by atoms with Gasteiger partial charge in [-0.05, 0) is 37.5 Å². The maximum Gasteiger partial charge on any atom is 0.307 e. The van der Waals surface area contributed by atoms with Gasteiger partial charge in [-0.2, -0.15) is 0 Å². The summed E-state index contributed by atoms with van der Waals surface area (Å²) in [6, 6.07) is 1.23. The third-order valence-corrected chi connectivity index (χ3v) is 4.79. The molecular formula is C17H30N2O3. The van der Waals surface area contributed by atoms with Crippen LogP contribution in [0, 0.1) is 11.8 Å². The zero-order valence-electron chi connectivity index (χ0n) is 14.1. The van der Waals surface area contributed by atoms with Crippen LogP contribution < -0.4 is 5.32 Å². The van der Waals surface area contributed by atoms with Gasteiger partial charge in [0.1, 0.15) is 0 Å². The Hall–Kier alpha value is -1.10. The first-order valence-corrected chi connectivity index (χ1v) is 8.58. The highest BCUT2D eigenvalue weighted by Crippen LogP contribution is 2.33. The molecule has 5 heteroatoms. The molecule has 126 valence electrons. The van der Waals surface area contributed by atoms with Crippen molar-refractivity contribution in [2.24, 2.45) is 11.8 Å². The molecule has 2 bridgehead atoms. The van der Waals surface area contributed by atoms with Crippen molar-refractivity contribution in [2.75, 3.05) is 20.2 Å². The van der Waals surface area contributed by atoms with Crippen LogP contribution in [0.2, 0.25) is 0 Å². The van der Waals surface area contributed by atoms with Gasteiger partial charge in [0.25, 0.3) is 0 Å². The molecule has 0 radical (unpaired) electrons. The second-order valence-electron chi connectivity index (χ2n) is 7.24. The van der Waals surface area contributed by atoms with E-state index in [4.69, 9.17) is 0 Å². The van der Waals surface area contributed by atoms with E-state index in [0.717, 1.165) is 12.8 Å². The van der Waals surface area contributed by atoms with Crippen LogP contribution in [0.4, 0.5) is 0 Å². The van der Waals surface area contributed by atoms with Crippen LogP contribution >= 0.6 is 0 Å². The summed E-state index contributed by atoms with van der Waals surface area (Å²) in [5.41, 5.74) is 0. The van der Waals surface area contributed by atoms with Crippen molar-refractivity contribution in [3.8, 4) is 0 Å². The number of fused-ring (bicyclic) bond motifs is 2. The lowest BCUT2D eigenvalue weighted by molar-refractivity contribution is -0.142. The second kappa shape index (κ2) is 7.95. The van der Waals surface area contributed by atoms with Crippen molar-refractivity contribution in [3.63, 3.8) is 0 Å². The van der Waals surface area contributed by atoms with Crippen molar-refractivity contribution < 1.29 is 14.3 Å².